The molecule has 0 bridgehead atoms. The minimum absolute atomic E-state index is 0.0931. The van der Waals surface area contributed by atoms with Crippen LogP contribution >= 0.6 is 0 Å². The SMILES string of the molecule is CCOC(F)(F)c1nnc2ccc(-c3cnc(O[C@H](C)C(F)(F)F)c(F)c3)cn12.COCc1nnc2ccc(-c3cnc(OCC(F)(F)F)c(F)c3)nn12. The maximum atomic E-state index is 14.2. The van der Waals surface area contributed by atoms with Gasteiger partial charge in [-0.15, -0.1) is 20.4 Å². The van der Waals surface area contributed by atoms with Gasteiger partial charge in [0, 0.05) is 42.4 Å². The number of ether oxygens (including phenoxy) is 4. The molecule has 13 nitrogen and oxygen atoms in total. The summed E-state index contributed by atoms with van der Waals surface area (Å²) < 4.78 is 151. The van der Waals surface area contributed by atoms with E-state index in [9.17, 15) is 43.9 Å². The van der Waals surface area contributed by atoms with Crippen LogP contribution in [0, 0.1) is 11.6 Å². The number of alkyl halides is 8. The highest BCUT2D eigenvalue weighted by atomic mass is 19.4. The molecule has 6 aromatic rings. The number of pyridine rings is 3. The summed E-state index contributed by atoms with van der Waals surface area (Å²) in [5.74, 6) is -4.05. The molecule has 6 aromatic heterocycles. The fourth-order valence-corrected chi connectivity index (χ4v) is 4.44. The zero-order valence-electron chi connectivity index (χ0n) is 27.8. The van der Waals surface area contributed by atoms with Crippen LogP contribution in [0.4, 0.5) is 43.9 Å². The number of fused-ring (bicyclic) bond motifs is 2. The summed E-state index contributed by atoms with van der Waals surface area (Å²) in [5.41, 5.74) is 1.52. The number of hydrogen-bond donors (Lipinski definition) is 0. The summed E-state index contributed by atoms with van der Waals surface area (Å²) in [4.78, 5) is 7.15. The molecule has 0 aromatic carbocycles. The Hall–Kier alpha value is -5.71. The second-order valence-electron chi connectivity index (χ2n) is 10.9. The third-order valence-corrected chi connectivity index (χ3v) is 6.95. The number of methoxy groups -OCH3 is 1. The van der Waals surface area contributed by atoms with Gasteiger partial charge in [-0.25, -0.2) is 18.7 Å². The van der Waals surface area contributed by atoms with Crippen LogP contribution < -0.4 is 9.47 Å². The van der Waals surface area contributed by atoms with Crippen LogP contribution in [0.1, 0.15) is 25.5 Å². The van der Waals surface area contributed by atoms with Gasteiger partial charge in [-0.05, 0) is 50.2 Å². The predicted molar refractivity (Wildman–Crippen MR) is 164 cm³/mol. The summed E-state index contributed by atoms with van der Waals surface area (Å²) in [5, 5.41) is 19.1. The van der Waals surface area contributed by atoms with Crippen molar-refractivity contribution < 1.29 is 62.9 Å². The fraction of sp³-hybridized carbons (Fsp3) is 0.323. The molecule has 1 atom stereocenters. The first kappa shape index (κ1) is 39.5. The molecule has 6 heterocycles. The lowest BCUT2D eigenvalue weighted by molar-refractivity contribution is -0.251. The van der Waals surface area contributed by atoms with Gasteiger partial charge >= 0.3 is 18.5 Å². The smallest absolute Gasteiger partial charge is 0.425 e. The lowest BCUT2D eigenvalue weighted by atomic mass is 10.1. The zero-order valence-corrected chi connectivity index (χ0v) is 27.8. The molecule has 0 aliphatic heterocycles. The Bertz CT molecular complexity index is 2230. The van der Waals surface area contributed by atoms with Crippen molar-refractivity contribution >= 4 is 11.3 Å². The van der Waals surface area contributed by atoms with E-state index in [1.807, 2.05) is 0 Å². The van der Waals surface area contributed by atoms with Gasteiger partial charge in [-0.3, -0.25) is 4.40 Å². The second kappa shape index (κ2) is 15.7. The van der Waals surface area contributed by atoms with E-state index in [1.54, 1.807) is 12.1 Å². The van der Waals surface area contributed by atoms with E-state index in [0.29, 0.717) is 17.2 Å². The average molecular weight is 778 g/mol. The van der Waals surface area contributed by atoms with Crippen molar-refractivity contribution in [1.29, 1.82) is 0 Å². The Labute approximate surface area is 296 Å². The highest BCUT2D eigenvalue weighted by molar-refractivity contribution is 5.64. The molecule has 0 saturated carbocycles. The van der Waals surface area contributed by atoms with E-state index in [2.05, 4.69) is 49.7 Å². The molecule has 0 fully saturated rings. The van der Waals surface area contributed by atoms with Gasteiger partial charge in [-0.2, -0.15) is 44.7 Å². The molecule has 0 amide bonds. The summed E-state index contributed by atoms with van der Waals surface area (Å²) in [7, 11) is 1.49. The number of aromatic nitrogens is 9. The van der Waals surface area contributed by atoms with Crippen molar-refractivity contribution in [2.75, 3.05) is 20.3 Å². The van der Waals surface area contributed by atoms with Crippen molar-refractivity contribution in [2.24, 2.45) is 0 Å². The molecule has 0 N–H and O–H groups in total. The first-order chi connectivity index (χ1) is 25.4. The maximum Gasteiger partial charge on any atom is 0.425 e. The van der Waals surface area contributed by atoms with Crippen LogP contribution in [-0.2, 0) is 22.2 Å². The molecular formula is C31H25F10N9O4. The lowest BCUT2D eigenvalue weighted by Gasteiger charge is -2.17. The number of hydrogen-bond acceptors (Lipinski definition) is 11. The normalized spacial score (nSPS) is 12.8. The topological polar surface area (TPSA) is 136 Å². The van der Waals surface area contributed by atoms with Crippen LogP contribution in [0.15, 0.2) is 55.0 Å². The van der Waals surface area contributed by atoms with Crippen molar-refractivity contribution in [2.45, 2.75) is 45.0 Å². The molecule has 0 spiro atoms. The van der Waals surface area contributed by atoms with E-state index in [-0.39, 0.29) is 35.6 Å². The van der Waals surface area contributed by atoms with Crippen molar-refractivity contribution in [3.05, 3.63) is 78.3 Å². The van der Waals surface area contributed by atoms with Crippen LogP contribution in [0.3, 0.4) is 0 Å². The van der Waals surface area contributed by atoms with Gasteiger partial charge in [0.25, 0.3) is 11.8 Å². The molecule has 23 heteroatoms. The van der Waals surface area contributed by atoms with Gasteiger partial charge in [0.2, 0.25) is 5.82 Å². The van der Waals surface area contributed by atoms with Crippen molar-refractivity contribution in [3.8, 4) is 34.1 Å². The van der Waals surface area contributed by atoms with Gasteiger partial charge in [0.1, 0.15) is 6.61 Å². The van der Waals surface area contributed by atoms with Crippen LogP contribution in [0.5, 0.6) is 11.8 Å². The minimum atomic E-state index is -4.69. The first-order valence-electron chi connectivity index (χ1n) is 15.2. The monoisotopic (exact) mass is 777 g/mol. The Kier molecular flexibility index (Phi) is 11.5. The van der Waals surface area contributed by atoms with Crippen molar-refractivity contribution in [1.82, 2.24) is 44.4 Å². The summed E-state index contributed by atoms with van der Waals surface area (Å²) in [6, 6.07) is 7.86. The van der Waals surface area contributed by atoms with E-state index in [0.717, 1.165) is 29.7 Å². The summed E-state index contributed by atoms with van der Waals surface area (Å²) >= 11 is 0. The third-order valence-electron chi connectivity index (χ3n) is 6.95. The van der Waals surface area contributed by atoms with E-state index in [4.69, 9.17) is 4.74 Å². The van der Waals surface area contributed by atoms with Gasteiger partial charge < -0.3 is 18.9 Å². The Morgan fingerprint density at radius 1 is 0.778 bits per heavy atom. The quantitative estimate of drug-likeness (QED) is 0.129. The fourth-order valence-electron chi connectivity index (χ4n) is 4.44. The van der Waals surface area contributed by atoms with Crippen LogP contribution in [-0.4, -0.2) is 83.2 Å². The van der Waals surface area contributed by atoms with Crippen LogP contribution in [0.2, 0.25) is 0 Å². The average Bonchev–Trinajstić information content (AvgIpc) is 3.72. The van der Waals surface area contributed by atoms with E-state index in [1.165, 1.54) is 43.1 Å². The van der Waals surface area contributed by atoms with Crippen molar-refractivity contribution in [3.63, 3.8) is 0 Å². The molecule has 0 saturated heterocycles. The Morgan fingerprint density at radius 3 is 2.07 bits per heavy atom. The molecule has 54 heavy (non-hydrogen) atoms. The largest absolute Gasteiger partial charge is 0.466 e. The van der Waals surface area contributed by atoms with Gasteiger partial charge in [-0.1, -0.05) is 0 Å². The first-order valence-corrected chi connectivity index (χ1v) is 15.2. The molecule has 288 valence electrons. The Balaban J connectivity index is 0.000000210. The van der Waals surface area contributed by atoms with E-state index >= 15 is 0 Å². The number of nitrogens with zero attached hydrogens (tertiary/aromatic N) is 9. The minimum Gasteiger partial charge on any atom is -0.466 e. The molecule has 6 rings (SSSR count). The standard InChI is InChI=1S/C17H14F6N4O2.C14H11F4N5O2/c1-3-28-17(22,23)15-26-25-13-5-4-10(8-27(13)15)11-6-12(18)14(24-7-11)29-9(2)16(19,20)21;1-24-6-12-21-20-11-3-2-10(22-23(11)12)8-4-9(15)13(19-5-8)25-7-14(16,17)18/h4-9H,3H2,1-2H3;2-5H,6-7H2,1H3/t9-;/m1./s1. The van der Waals surface area contributed by atoms with Gasteiger partial charge in [0.05, 0.1) is 12.3 Å². The molecular weight excluding hydrogens is 752 g/mol. The van der Waals surface area contributed by atoms with Gasteiger partial charge in [0.15, 0.2) is 41.5 Å². The summed E-state index contributed by atoms with van der Waals surface area (Å²) in [6.07, 6.45) is -11.8. The molecule has 0 radical (unpaired) electrons. The highest BCUT2D eigenvalue weighted by Gasteiger charge is 2.39. The molecule has 0 aliphatic rings. The lowest BCUT2D eigenvalue weighted by Crippen LogP contribution is -2.31. The Morgan fingerprint density at radius 2 is 1.43 bits per heavy atom. The predicted octanol–water partition coefficient (Wildman–Crippen LogP) is 6.76. The van der Waals surface area contributed by atoms with E-state index < -0.39 is 60.4 Å². The summed E-state index contributed by atoms with van der Waals surface area (Å²) in [6.45, 7) is 0.389. The second-order valence-corrected chi connectivity index (χ2v) is 10.9. The zero-order chi connectivity index (χ0) is 39.4. The molecule has 0 unspecified atom stereocenters. The molecule has 0 aliphatic carbocycles. The number of rotatable bonds is 11. The number of halogens is 10. The highest BCUT2D eigenvalue weighted by Crippen LogP contribution is 2.31. The third kappa shape index (κ3) is 9.25. The van der Waals surface area contributed by atoms with Crippen LogP contribution in [0.25, 0.3) is 33.7 Å². The maximum absolute atomic E-state index is 14.2.